The van der Waals surface area contributed by atoms with Gasteiger partial charge in [0, 0.05) is 11.8 Å². The second-order valence-corrected chi connectivity index (χ2v) is 5.75. The first-order valence-corrected chi connectivity index (χ1v) is 7.47. The van der Waals surface area contributed by atoms with Crippen LogP contribution >= 0.6 is 0 Å². The highest BCUT2D eigenvalue weighted by molar-refractivity contribution is 5.98. The molecular weight excluding hydrogens is 294 g/mol. The molecule has 1 aliphatic carbocycles. The van der Waals surface area contributed by atoms with Gasteiger partial charge in [-0.2, -0.15) is 0 Å². The number of aliphatic carboxylic acids is 1. The molecule has 1 amide bonds. The molecule has 0 atom stereocenters. The second-order valence-electron chi connectivity index (χ2n) is 5.75. The summed E-state index contributed by atoms with van der Waals surface area (Å²) in [5, 5.41) is 11.9. The van der Waals surface area contributed by atoms with Crippen molar-refractivity contribution in [1.82, 2.24) is 15.3 Å². The average Bonchev–Trinajstić information content (AvgIpc) is 2.51. The molecule has 1 aliphatic rings. The van der Waals surface area contributed by atoms with Crippen LogP contribution in [0.15, 0.2) is 36.5 Å². The van der Waals surface area contributed by atoms with Crippen molar-refractivity contribution in [2.45, 2.75) is 31.7 Å². The average molecular weight is 311 g/mol. The lowest BCUT2D eigenvalue weighted by Gasteiger charge is -2.38. The molecule has 23 heavy (non-hydrogen) atoms. The molecular formula is C17H17N3O3. The molecule has 1 aromatic carbocycles. The monoisotopic (exact) mass is 311 g/mol. The van der Waals surface area contributed by atoms with E-state index in [-0.39, 0.29) is 0 Å². The van der Waals surface area contributed by atoms with Crippen molar-refractivity contribution in [3.05, 3.63) is 47.8 Å². The lowest BCUT2D eigenvalue weighted by Crippen LogP contribution is -2.59. The number of nitrogens with one attached hydrogen (secondary N) is 1. The van der Waals surface area contributed by atoms with Crippen molar-refractivity contribution in [3.63, 3.8) is 0 Å². The summed E-state index contributed by atoms with van der Waals surface area (Å²) in [6, 6.07) is 9.47. The zero-order valence-corrected chi connectivity index (χ0v) is 12.7. The normalized spacial score (nSPS) is 15.5. The molecule has 0 radical (unpaired) electrons. The summed E-state index contributed by atoms with van der Waals surface area (Å²) in [6.45, 7) is 1.72. The lowest BCUT2D eigenvalue weighted by atomic mass is 9.76. The number of carbonyl (C=O) groups excluding carboxylic acids is 1. The number of aromatic nitrogens is 2. The predicted molar refractivity (Wildman–Crippen MR) is 83.9 cm³/mol. The maximum absolute atomic E-state index is 12.4. The third kappa shape index (κ3) is 2.79. The number of nitrogens with zero attached hydrogens (tertiary/aromatic N) is 2. The molecule has 2 aromatic rings. The molecule has 2 N–H and O–H groups in total. The predicted octanol–water partition coefficient (Wildman–Crippen LogP) is 2.19. The Labute approximate surface area is 133 Å². The van der Waals surface area contributed by atoms with E-state index in [4.69, 9.17) is 0 Å². The summed E-state index contributed by atoms with van der Waals surface area (Å²) in [6.07, 6.45) is 3.16. The van der Waals surface area contributed by atoms with Crippen LogP contribution in [0.2, 0.25) is 0 Å². The molecule has 1 aromatic heterocycles. The molecule has 6 nitrogen and oxygen atoms in total. The quantitative estimate of drug-likeness (QED) is 0.903. The zero-order valence-electron chi connectivity index (χ0n) is 12.7. The molecule has 0 bridgehead atoms. The van der Waals surface area contributed by atoms with E-state index < -0.39 is 17.4 Å². The maximum atomic E-state index is 12.4. The van der Waals surface area contributed by atoms with Gasteiger partial charge in [-0.1, -0.05) is 30.3 Å². The minimum Gasteiger partial charge on any atom is -0.480 e. The van der Waals surface area contributed by atoms with Gasteiger partial charge in [0.05, 0.1) is 11.3 Å². The molecule has 6 heteroatoms. The Morgan fingerprint density at radius 3 is 2.43 bits per heavy atom. The molecule has 1 heterocycles. The first-order chi connectivity index (χ1) is 11.0. The van der Waals surface area contributed by atoms with Crippen molar-refractivity contribution in [3.8, 4) is 11.4 Å². The number of carbonyl (C=O) groups is 2. The van der Waals surface area contributed by atoms with Gasteiger partial charge in [0.25, 0.3) is 5.91 Å². The summed E-state index contributed by atoms with van der Waals surface area (Å²) in [4.78, 5) is 32.3. The molecule has 3 rings (SSSR count). The van der Waals surface area contributed by atoms with Gasteiger partial charge in [-0.15, -0.1) is 0 Å². The van der Waals surface area contributed by atoms with Crippen LogP contribution in [0.5, 0.6) is 0 Å². The van der Waals surface area contributed by atoms with Gasteiger partial charge in [0.15, 0.2) is 5.82 Å². The Bertz CT molecular complexity index is 755. The number of carboxylic acids is 1. The highest BCUT2D eigenvalue weighted by atomic mass is 16.4. The van der Waals surface area contributed by atoms with Gasteiger partial charge in [-0.3, -0.25) is 4.79 Å². The van der Waals surface area contributed by atoms with Crippen LogP contribution in [0, 0.1) is 6.92 Å². The summed E-state index contributed by atoms with van der Waals surface area (Å²) in [5.41, 5.74) is 0.554. The van der Waals surface area contributed by atoms with E-state index in [1.54, 1.807) is 6.92 Å². The van der Waals surface area contributed by atoms with Crippen LogP contribution in [-0.4, -0.2) is 32.5 Å². The van der Waals surface area contributed by atoms with Crippen molar-refractivity contribution in [2.75, 3.05) is 0 Å². The van der Waals surface area contributed by atoms with Crippen molar-refractivity contribution < 1.29 is 14.7 Å². The molecule has 1 fully saturated rings. The van der Waals surface area contributed by atoms with E-state index >= 15 is 0 Å². The van der Waals surface area contributed by atoms with Crippen LogP contribution in [-0.2, 0) is 4.79 Å². The topological polar surface area (TPSA) is 92.2 Å². The van der Waals surface area contributed by atoms with Gasteiger partial charge in [-0.25, -0.2) is 14.8 Å². The maximum Gasteiger partial charge on any atom is 0.329 e. The Morgan fingerprint density at radius 2 is 1.91 bits per heavy atom. The number of hydrogen-bond acceptors (Lipinski definition) is 4. The second kappa shape index (κ2) is 5.79. The third-order valence-corrected chi connectivity index (χ3v) is 4.23. The Balaban J connectivity index is 1.83. The number of aryl methyl sites for hydroxylation is 1. The van der Waals surface area contributed by atoms with Crippen molar-refractivity contribution >= 4 is 11.9 Å². The number of amides is 1. The lowest BCUT2D eigenvalue weighted by molar-refractivity contribution is -0.148. The number of carboxylic acid groups (broad SMARTS) is 1. The van der Waals surface area contributed by atoms with Crippen molar-refractivity contribution in [2.24, 2.45) is 0 Å². The van der Waals surface area contributed by atoms with E-state index in [0.717, 1.165) is 12.0 Å². The summed E-state index contributed by atoms with van der Waals surface area (Å²) in [7, 11) is 0. The highest BCUT2D eigenvalue weighted by Crippen LogP contribution is 2.32. The fourth-order valence-corrected chi connectivity index (χ4v) is 2.62. The van der Waals surface area contributed by atoms with E-state index in [2.05, 4.69) is 15.3 Å². The fraction of sp³-hybridized carbons (Fsp3) is 0.294. The Morgan fingerprint density at radius 1 is 1.22 bits per heavy atom. The minimum atomic E-state index is -1.14. The van der Waals surface area contributed by atoms with Crippen LogP contribution < -0.4 is 5.32 Å². The van der Waals surface area contributed by atoms with E-state index in [1.165, 1.54) is 6.20 Å². The van der Waals surface area contributed by atoms with Crippen LogP contribution in [0.4, 0.5) is 0 Å². The van der Waals surface area contributed by atoms with E-state index in [1.807, 2.05) is 30.3 Å². The molecule has 0 aliphatic heterocycles. The standard InChI is InChI=1S/C17H17N3O3/c1-11-13(15(21)20-17(16(22)23)8-5-9-17)10-18-14(19-11)12-6-3-2-4-7-12/h2-4,6-7,10H,5,8-9H2,1H3,(H,20,21)(H,22,23). The Kier molecular flexibility index (Phi) is 3.82. The summed E-state index contributed by atoms with van der Waals surface area (Å²) in [5.74, 6) is -0.892. The molecule has 0 saturated heterocycles. The highest BCUT2D eigenvalue weighted by Gasteiger charge is 2.46. The minimum absolute atomic E-state index is 0.303. The van der Waals surface area contributed by atoms with E-state index in [9.17, 15) is 14.7 Å². The zero-order chi connectivity index (χ0) is 16.4. The van der Waals surface area contributed by atoms with Gasteiger partial charge in [-0.05, 0) is 26.2 Å². The van der Waals surface area contributed by atoms with Gasteiger partial charge in [0.1, 0.15) is 5.54 Å². The number of rotatable bonds is 4. The molecule has 118 valence electrons. The third-order valence-electron chi connectivity index (χ3n) is 4.23. The van der Waals surface area contributed by atoms with Crippen LogP contribution in [0.3, 0.4) is 0 Å². The first-order valence-electron chi connectivity index (χ1n) is 7.47. The van der Waals surface area contributed by atoms with Gasteiger partial charge < -0.3 is 10.4 Å². The first kappa shape index (κ1) is 15.1. The molecule has 0 unspecified atom stereocenters. The largest absolute Gasteiger partial charge is 0.480 e. The SMILES string of the molecule is Cc1nc(-c2ccccc2)ncc1C(=O)NC1(C(=O)O)CCC1. The van der Waals surface area contributed by atoms with Crippen LogP contribution in [0.25, 0.3) is 11.4 Å². The van der Waals surface area contributed by atoms with Crippen LogP contribution in [0.1, 0.15) is 35.3 Å². The van der Waals surface area contributed by atoms with Crippen molar-refractivity contribution in [1.29, 1.82) is 0 Å². The molecule has 0 spiro atoms. The molecule has 1 saturated carbocycles. The van der Waals surface area contributed by atoms with Gasteiger partial charge in [0.2, 0.25) is 0 Å². The summed E-state index contributed by atoms with van der Waals surface area (Å²) >= 11 is 0. The smallest absolute Gasteiger partial charge is 0.329 e. The summed E-state index contributed by atoms with van der Waals surface area (Å²) < 4.78 is 0. The fourth-order valence-electron chi connectivity index (χ4n) is 2.62. The Hall–Kier alpha value is -2.76. The van der Waals surface area contributed by atoms with Gasteiger partial charge >= 0.3 is 5.97 Å². The number of hydrogen-bond donors (Lipinski definition) is 2. The number of benzene rings is 1. The van der Waals surface area contributed by atoms with E-state index in [0.29, 0.717) is 29.9 Å².